The molecule has 0 saturated carbocycles. The van der Waals surface area contributed by atoms with Crippen molar-refractivity contribution in [1.29, 1.82) is 0 Å². The van der Waals surface area contributed by atoms with Crippen molar-refractivity contribution in [1.82, 2.24) is 15.3 Å². The fourth-order valence-electron chi connectivity index (χ4n) is 3.89. The zero-order valence-corrected chi connectivity index (χ0v) is 18.4. The Balaban J connectivity index is 1.55. The molecule has 0 radical (unpaired) electrons. The second-order valence-corrected chi connectivity index (χ2v) is 8.60. The van der Waals surface area contributed by atoms with Gasteiger partial charge in [0.25, 0.3) is 0 Å². The van der Waals surface area contributed by atoms with Crippen LogP contribution in [0.15, 0.2) is 84.9 Å². The van der Waals surface area contributed by atoms with E-state index >= 15 is 0 Å². The van der Waals surface area contributed by atoms with Gasteiger partial charge in [-0.3, -0.25) is 4.79 Å². The van der Waals surface area contributed by atoms with E-state index in [1.54, 1.807) is 11.8 Å². The Labute approximate surface area is 187 Å². The first-order valence-electron chi connectivity index (χ1n) is 10.6. The first-order valence-corrected chi connectivity index (χ1v) is 12.0. The lowest BCUT2D eigenvalue weighted by molar-refractivity contribution is -0.122. The third kappa shape index (κ3) is 5.36. The molecule has 0 unspecified atom stereocenters. The van der Waals surface area contributed by atoms with E-state index < -0.39 is 0 Å². The Kier molecular flexibility index (Phi) is 7.05. The van der Waals surface area contributed by atoms with Crippen molar-refractivity contribution in [2.45, 2.75) is 24.8 Å². The zero-order valence-electron chi connectivity index (χ0n) is 17.6. The Hall–Kier alpha value is -3.05. The summed E-state index contributed by atoms with van der Waals surface area (Å²) >= 11 is 1.77. The highest BCUT2D eigenvalue weighted by molar-refractivity contribution is 7.98. The van der Waals surface area contributed by atoms with Crippen molar-refractivity contribution in [3.05, 3.63) is 102 Å². The van der Waals surface area contributed by atoms with E-state index in [0.29, 0.717) is 6.42 Å². The summed E-state index contributed by atoms with van der Waals surface area (Å²) in [6.07, 6.45) is 3.30. The van der Waals surface area contributed by atoms with E-state index in [9.17, 15) is 4.79 Å². The summed E-state index contributed by atoms with van der Waals surface area (Å²) < 4.78 is 0. The number of aromatic amines is 1. The number of benzene rings is 3. The molecular weight excluding hydrogens is 402 g/mol. The summed E-state index contributed by atoms with van der Waals surface area (Å²) in [5.74, 6) is 1.81. The molecule has 1 atom stereocenters. The Morgan fingerprint density at radius 2 is 1.55 bits per heavy atom. The maximum Gasteiger partial charge on any atom is 0.221 e. The van der Waals surface area contributed by atoms with Crippen molar-refractivity contribution in [3.63, 3.8) is 0 Å². The fourth-order valence-corrected chi connectivity index (χ4v) is 4.36. The molecule has 0 aliphatic heterocycles. The van der Waals surface area contributed by atoms with Gasteiger partial charge in [-0.05, 0) is 41.7 Å². The minimum Gasteiger partial charge on any atom is -0.346 e. The number of aromatic nitrogens is 2. The van der Waals surface area contributed by atoms with Crippen LogP contribution in [0.1, 0.15) is 41.8 Å². The molecule has 4 nitrogen and oxygen atoms in total. The SMILES string of the molecule is CSCC[C@H](NC(=O)CC(c1ccccc1)c1ccccc1)c1nc2ccccc2[nH]1. The topological polar surface area (TPSA) is 57.8 Å². The molecule has 158 valence electrons. The quantitative estimate of drug-likeness (QED) is 0.359. The lowest BCUT2D eigenvalue weighted by atomic mass is 9.88. The van der Waals surface area contributed by atoms with Crippen LogP contribution in [0.25, 0.3) is 11.0 Å². The first-order chi connectivity index (χ1) is 15.2. The lowest BCUT2D eigenvalue weighted by Crippen LogP contribution is -2.31. The van der Waals surface area contributed by atoms with Gasteiger partial charge in [0.1, 0.15) is 5.82 Å². The first kappa shape index (κ1) is 21.2. The summed E-state index contributed by atoms with van der Waals surface area (Å²) in [4.78, 5) is 21.3. The highest BCUT2D eigenvalue weighted by atomic mass is 32.2. The third-order valence-electron chi connectivity index (χ3n) is 5.48. The predicted octanol–water partition coefficient (Wildman–Crippen LogP) is 5.70. The molecule has 0 aliphatic carbocycles. The van der Waals surface area contributed by atoms with E-state index in [1.165, 1.54) is 0 Å². The predicted molar refractivity (Wildman–Crippen MR) is 129 cm³/mol. The number of nitrogens with zero attached hydrogens (tertiary/aromatic N) is 1. The van der Waals surface area contributed by atoms with Crippen LogP contribution >= 0.6 is 11.8 Å². The summed E-state index contributed by atoms with van der Waals surface area (Å²) in [7, 11) is 0. The molecule has 5 heteroatoms. The van der Waals surface area contributed by atoms with Crippen LogP contribution in [0.4, 0.5) is 0 Å². The van der Waals surface area contributed by atoms with Crippen LogP contribution in [0.2, 0.25) is 0 Å². The largest absolute Gasteiger partial charge is 0.346 e. The summed E-state index contributed by atoms with van der Waals surface area (Å²) in [5.41, 5.74) is 4.21. The number of hydrogen-bond donors (Lipinski definition) is 2. The van der Waals surface area contributed by atoms with Gasteiger partial charge in [0.2, 0.25) is 5.91 Å². The Bertz CT molecular complexity index is 1040. The number of amides is 1. The van der Waals surface area contributed by atoms with Crippen molar-refractivity contribution in [3.8, 4) is 0 Å². The number of rotatable bonds is 9. The molecule has 0 saturated heterocycles. The van der Waals surface area contributed by atoms with Gasteiger partial charge in [0.05, 0.1) is 17.1 Å². The second kappa shape index (κ2) is 10.3. The van der Waals surface area contributed by atoms with Gasteiger partial charge in [-0.15, -0.1) is 0 Å². The molecule has 31 heavy (non-hydrogen) atoms. The number of thioether (sulfide) groups is 1. The van der Waals surface area contributed by atoms with Gasteiger partial charge in [-0.1, -0.05) is 72.8 Å². The van der Waals surface area contributed by atoms with Crippen molar-refractivity contribution in [2.75, 3.05) is 12.0 Å². The standard InChI is InChI=1S/C26H27N3OS/c1-31-17-16-24(26-28-22-14-8-9-15-23(22)29-26)27-25(30)18-21(19-10-4-2-5-11-19)20-12-6-3-7-13-20/h2-15,21,24H,16-18H2,1H3,(H,27,30)(H,28,29)/t24-/m0/s1. The number of carbonyl (C=O) groups excluding carboxylic acids is 1. The molecule has 4 rings (SSSR count). The van der Waals surface area contributed by atoms with E-state index in [1.807, 2.05) is 60.7 Å². The molecule has 1 amide bonds. The molecule has 0 bridgehead atoms. The number of para-hydroxylation sites is 2. The van der Waals surface area contributed by atoms with Crippen LogP contribution in [0.5, 0.6) is 0 Å². The third-order valence-corrected chi connectivity index (χ3v) is 6.12. The highest BCUT2D eigenvalue weighted by Crippen LogP contribution is 2.28. The van der Waals surface area contributed by atoms with E-state index in [2.05, 4.69) is 40.8 Å². The smallest absolute Gasteiger partial charge is 0.221 e. The summed E-state index contributed by atoms with van der Waals surface area (Å²) in [6.45, 7) is 0. The molecular formula is C26H27N3OS. The molecule has 0 aliphatic rings. The molecule has 3 aromatic carbocycles. The van der Waals surface area contributed by atoms with E-state index in [4.69, 9.17) is 4.98 Å². The van der Waals surface area contributed by atoms with Gasteiger partial charge in [0, 0.05) is 12.3 Å². The minimum atomic E-state index is -0.139. The van der Waals surface area contributed by atoms with Crippen LogP contribution in [0, 0.1) is 0 Å². The van der Waals surface area contributed by atoms with Crippen LogP contribution in [-0.2, 0) is 4.79 Å². The number of imidazole rings is 1. The number of fused-ring (bicyclic) bond motifs is 1. The van der Waals surface area contributed by atoms with Gasteiger partial charge in [0.15, 0.2) is 0 Å². The van der Waals surface area contributed by atoms with Crippen molar-refractivity contribution in [2.24, 2.45) is 0 Å². The Morgan fingerprint density at radius 3 is 2.16 bits per heavy atom. The number of carbonyl (C=O) groups is 1. The monoisotopic (exact) mass is 429 g/mol. The average molecular weight is 430 g/mol. The normalized spacial score (nSPS) is 12.2. The van der Waals surface area contributed by atoms with E-state index in [-0.39, 0.29) is 17.9 Å². The molecule has 2 N–H and O–H groups in total. The van der Waals surface area contributed by atoms with Crippen molar-refractivity contribution < 1.29 is 4.79 Å². The second-order valence-electron chi connectivity index (χ2n) is 7.62. The lowest BCUT2D eigenvalue weighted by Gasteiger charge is -2.21. The molecule has 0 fully saturated rings. The van der Waals surface area contributed by atoms with Gasteiger partial charge in [-0.25, -0.2) is 4.98 Å². The van der Waals surface area contributed by atoms with Gasteiger partial charge in [-0.2, -0.15) is 11.8 Å². The summed E-state index contributed by atoms with van der Waals surface area (Å²) in [6, 6.07) is 28.3. The zero-order chi connectivity index (χ0) is 21.5. The van der Waals surface area contributed by atoms with Crippen molar-refractivity contribution >= 4 is 28.7 Å². The Morgan fingerprint density at radius 1 is 0.935 bits per heavy atom. The summed E-state index contributed by atoms with van der Waals surface area (Å²) in [5, 5.41) is 3.25. The number of nitrogens with one attached hydrogen (secondary N) is 2. The van der Waals surface area contributed by atoms with Gasteiger partial charge < -0.3 is 10.3 Å². The van der Waals surface area contributed by atoms with Crippen LogP contribution < -0.4 is 5.32 Å². The van der Waals surface area contributed by atoms with E-state index in [0.717, 1.165) is 40.2 Å². The van der Waals surface area contributed by atoms with Gasteiger partial charge >= 0.3 is 0 Å². The number of H-pyrrole nitrogens is 1. The molecule has 1 heterocycles. The maximum absolute atomic E-state index is 13.2. The fraction of sp³-hybridized carbons (Fsp3) is 0.231. The van der Waals surface area contributed by atoms with Crippen LogP contribution in [0.3, 0.4) is 0 Å². The molecule has 1 aromatic heterocycles. The van der Waals surface area contributed by atoms with Crippen LogP contribution in [-0.4, -0.2) is 27.9 Å². The highest BCUT2D eigenvalue weighted by Gasteiger charge is 2.22. The minimum absolute atomic E-state index is 0.0132. The molecule has 0 spiro atoms. The number of hydrogen-bond acceptors (Lipinski definition) is 3. The maximum atomic E-state index is 13.2. The average Bonchev–Trinajstić information content (AvgIpc) is 3.25. The molecule has 4 aromatic rings.